The van der Waals surface area contributed by atoms with E-state index in [1.807, 2.05) is 26.0 Å². The van der Waals surface area contributed by atoms with Gasteiger partial charge in [0, 0.05) is 5.69 Å². The molecule has 2 aromatic rings. The average molecular weight is 407 g/mol. The molecule has 0 saturated carbocycles. The lowest BCUT2D eigenvalue weighted by Gasteiger charge is -2.15. The number of halogens is 5. The van der Waals surface area contributed by atoms with Crippen molar-refractivity contribution in [2.24, 2.45) is 0 Å². The monoisotopic (exact) mass is 406 g/mol. The van der Waals surface area contributed by atoms with Gasteiger partial charge >= 0.3 is 0 Å². The van der Waals surface area contributed by atoms with E-state index in [-0.39, 0.29) is 5.11 Å². The van der Waals surface area contributed by atoms with Gasteiger partial charge in [-0.2, -0.15) is 0 Å². The van der Waals surface area contributed by atoms with Crippen molar-refractivity contribution >= 4 is 44.6 Å². The van der Waals surface area contributed by atoms with Crippen molar-refractivity contribution in [3.8, 4) is 0 Å². The fraction of sp³-hybridized carbons (Fsp3) is 0.133. The molecule has 0 aliphatic heterocycles. The Hall–Kier alpha value is -1.67. The number of nitrogens with one attached hydrogen (secondary N) is 2. The molecule has 0 atom stereocenters. The summed E-state index contributed by atoms with van der Waals surface area (Å²) < 4.78 is 53.6. The predicted molar refractivity (Wildman–Crippen MR) is 89.7 cm³/mol. The summed E-state index contributed by atoms with van der Waals surface area (Å²) >= 11 is 7.38. The molecule has 0 fully saturated rings. The van der Waals surface area contributed by atoms with Crippen LogP contribution >= 0.6 is 28.1 Å². The zero-order valence-electron chi connectivity index (χ0n) is 12.0. The molecule has 8 heteroatoms. The zero-order valence-corrected chi connectivity index (χ0v) is 14.4. The van der Waals surface area contributed by atoms with Crippen LogP contribution in [0.2, 0.25) is 0 Å². The standard InChI is InChI=1S/C15H11BrF4N2S/c1-6-3-4-8(7(2)5-6)21-15(23)22-14-12(19)10(17)9(16)11(18)13(14)20/h3-5H,1-2H3,(H2,21,22,23). The molecule has 0 aromatic heterocycles. The highest BCUT2D eigenvalue weighted by atomic mass is 79.9. The van der Waals surface area contributed by atoms with Crippen molar-refractivity contribution in [3.05, 3.63) is 57.1 Å². The van der Waals surface area contributed by atoms with Gasteiger partial charge in [0.1, 0.15) is 5.69 Å². The highest BCUT2D eigenvalue weighted by molar-refractivity contribution is 9.10. The van der Waals surface area contributed by atoms with Gasteiger partial charge in [-0.3, -0.25) is 0 Å². The summed E-state index contributed by atoms with van der Waals surface area (Å²) in [4.78, 5) is 0. The van der Waals surface area contributed by atoms with E-state index >= 15 is 0 Å². The first-order valence-corrected chi connectivity index (χ1v) is 7.59. The predicted octanol–water partition coefficient (Wildman–Crippen LogP) is 5.43. The van der Waals surface area contributed by atoms with E-state index in [0.717, 1.165) is 11.1 Å². The van der Waals surface area contributed by atoms with E-state index in [4.69, 9.17) is 12.2 Å². The van der Waals surface area contributed by atoms with Crippen LogP contribution in [-0.4, -0.2) is 5.11 Å². The van der Waals surface area contributed by atoms with Crippen molar-refractivity contribution in [1.29, 1.82) is 0 Å². The Balaban J connectivity index is 2.27. The summed E-state index contributed by atoms with van der Waals surface area (Å²) in [5, 5.41) is 4.67. The van der Waals surface area contributed by atoms with Gasteiger partial charge in [-0.1, -0.05) is 17.7 Å². The smallest absolute Gasteiger partial charge is 0.186 e. The number of hydrogen-bond acceptors (Lipinski definition) is 1. The first-order valence-electron chi connectivity index (χ1n) is 6.39. The maximum absolute atomic E-state index is 13.8. The molecule has 0 bridgehead atoms. The lowest BCUT2D eigenvalue weighted by atomic mass is 10.1. The summed E-state index contributed by atoms with van der Waals surface area (Å²) in [6.07, 6.45) is 0. The van der Waals surface area contributed by atoms with Crippen molar-refractivity contribution in [2.45, 2.75) is 13.8 Å². The fourth-order valence-corrected chi connectivity index (χ4v) is 2.50. The maximum atomic E-state index is 13.8. The van der Waals surface area contributed by atoms with Crippen molar-refractivity contribution in [2.75, 3.05) is 10.6 Å². The highest BCUT2D eigenvalue weighted by Gasteiger charge is 2.24. The van der Waals surface area contributed by atoms with Gasteiger partial charge < -0.3 is 10.6 Å². The zero-order chi connectivity index (χ0) is 17.3. The van der Waals surface area contributed by atoms with E-state index in [1.54, 1.807) is 6.07 Å². The van der Waals surface area contributed by atoms with Gasteiger partial charge in [0.05, 0.1) is 4.47 Å². The van der Waals surface area contributed by atoms with Crippen molar-refractivity contribution in [3.63, 3.8) is 0 Å². The molecule has 2 N–H and O–H groups in total. The maximum Gasteiger partial charge on any atom is 0.186 e. The molecule has 0 heterocycles. The van der Waals surface area contributed by atoms with Gasteiger partial charge in [-0.15, -0.1) is 0 Å². The van der Waals surface area contributed by atoms with Crippen LogP contribution in [-0.2, 0) is 0 Å². The summed E-state index contributed by atoms with van der Waals surface area (Å²) in [7, 11) is 0. The second kappa shape index (κ2) is 6.84. The van der Waals surface area contributed by atoms with Crippen LogP contribution in [0.5, 0.6) is 0 Å². The Kier molecular flexibility index (Phi) is 5.26. The molecule has 0 saturated heterocycles. The molecular weight excluding hydrogens is 396 g/mol. The largest absolute Gasteiger partial charge is 0.332 e. The number of benzene rings is 2. The fourth-order valence-electron chi connectivity index (χ4n) is 1.94. The van der Waals surface area contributed by atoms with Crippen LogP contribution in [0.25, 0.3) is 0 Å². The molecule has 0 radical (unpaired) electrons. The average Bonchev–Trinajstić information content (AvgIpc) is 2.50. The Morgan fingerprint density at radius 1 is 0.957 bits per heavy atom. The molecule has 0 aliphatic carbocycles. The van der Waals surface area contributed by atoms with Crippen LogP contribution in [0.15, 0.2) is 22.7 Å². The molecule has 0 spiro atoms. The molecule has 0 amide bonds. The number of anilines is 2. The van der Waals surface area contributed by atoms with Crippen LogP contribution in [0.1, 0.15) is 11.1 Å². The topological polar surface area (TPSA) is 24.1 Å². The Morgan fingerprint density at radius 3 is 2.04 bits per heavy atom. The number of aryl methyl sites for hydroxylation is 2. The first-order chi connectivity index (χ1) is 10.7. The molecule has 2 rings (SSSR count). The normalized spacial score (nSPS) is 10.6. The second-order valence-corrected chi connectivity index (χ2v) is 6.04. The quantitative estimate of drug-likeness (QED) is 0.301. The van der Waals surface area contributed by atoms with Crippen LogP contribution in [0.3, 0.4) is 0 Å². The summed E-state index contributed by atoms with van der Waals surface area (Å²) in [6, 6.07) is 5.43. The Labute approximate surface area is 144 Å². The highest BCUT2D eigenvalue weighted by Crippen LogP contribution is 2.31. The molecule has 2 nitrogen and oxygen atoms in total. The SMILES string of the molecule is Cc1ccc(NC(=S)Nc2c(F)c(F)c(Br)c(F)c2F)c(C)c1. The molecule has 0 aliphatic rings. The third kappa shape index (κ3) is 3.64. The Morgan fingerprint density at radius 2 is 1.52 bits per heavy atom. The third-order valence-electron chi connectivity index (χ3n) is 3.08. The minimum Gasteiger partial charge on any atom is -0.332 e. The van der Waals surface area contributed by atoms with Gasteiger partial charge in [-0.25, -0.2) is 17.6 Å². The molecule has 122 valence electrons. The molecule has 23 heavy (non-hydrogen) atoms. The lowest BCUT2D eigenvalue weighted by molar-refractivity contribution is 0.452. The number of thiocarbonyl (C=S) groups is 1. The number of rotatable bonds is 2. The Bertz CT molecular complexity index is 767. The van der Waals surface area contributed by atoms with Gasteiger partial charge in [0.2, 0.25) is 0 Å². The van der Waals surface area contributed by atoms with Gasteiger partial charge in [0.15, 0.2) is 28.4 Å². The van der Waals surface area contributed by atoms with E-state index in [0.29, 0.717) is 5.69 Å². The minimum atomic E-state index is -1.57. The summed E-state index contributed by atoms with van der Waals surface area (Å²) in [5.41, 5.74) is 1.49. The van der Waals surface area contributed by atoms with Crippen LogP contribution in [0, 0.1) is 37.1 Å². The van der Waals surface area contributed by atoms with E-state index < -0.39 is 33.4 Å². The molecule has 2 aromatic carbocycles. The first kappa shape index (κ1) is 17.7. The van der Waals surface area contributed by atoms with Gasteiger partial charge in [-0.05, 0) is 53.6 Å². The van der Waals surface area contributed by atoms with E-state index in [2.05, 4.69) is 26.6 Å². The van der Waals surface area contributed by atoms with Crippen molar-refractivity contribution < 1.29 is 17.6 Å². The van der Waals surface area contributed by atoms with Crippen LogP contribution < -0.4 is 10.6 Å². The van der Waals surface area contributed by atoms with Crippen molar-refractivity contribution in [1.82, 2.24) is 0 Å². The summed E-state index contributed by atoms with van der Waals surface area (Å²) in [5.74, 6) is -6.22. The second-order valence-electron chi connectivity index (χ2n) is 4.84. The number of hydrogen-bond donors (Lipinski definition) is 2. The third-order valence-corrected chi connectivity index (χ3v) is 3.98. The molecule has 0 unspecified atom stereocenters. The minimum absolute atomic E-state index is 0.198. The van der Waals surface area contributed by atoms with E-state index in [1.165, 1.54) is 0 Å². The lowest BCUT2D eigenvalue weighted by Crippen LogP contribution is -2.22. The van der Waals surface area contributed by atoms with E-state index in [9.17, 15) is 17.6 Å². The van der Waals surface area contributed by atoms with Crippen LogP contribution in [0.4, 0.5) is 28.9 Å². The molecular formula is C15H11BrF4N2S. The summed E-state index contributed by atoms with van der Waals surface area (Å²) in [6.45, 7) is 3.73. The van der Waals surface area contributed by atoms with Gasteiger partial charge in [0.25, 0.3) is 0 Å².